The van der Waals surface area contributed by atoms with Crippen LogP contribution in [0.3, 0.4) is 0 Å². The van der Waals surface area contributed by atoms with Crippen molar-refractivity contribution in [2.75, 3.05) is 39.3 Å². The second-order valence-corrected chi connectivity index (χ2v) is 5.66. The van der Waals surface area contributed by atoms with Crippen molar-refractivity contribution < 1.29 is 9.90 Å². The first-order valence-corrected chi connectivity index (χ1v) is 7.37. The molecule has 1 fully saturated rings. The highest BCUT2D eigenvalue weighted by atomic mass is 35.5. The van der Waals surface area contributed by atoms with Crippen LogP contribution in [0.2, 0.25) is 5.02 Å². The molecule has 0 atom stereocenters. The Hall–Kier alpha value is -1.10. The summed E-state index contributed by atoms with van der Waals surface area (Å²) in [5, 5.41) is 9.59. The smallest absolute Gasteiger partial charge is 0.253 e. The van der Waals surface area contributed by atoms with E-state index in [1.807, 2.05) is 24.0 Å². The number of aryl methyl sites for hydroxylation is 1. The van der Waals surface area contributed by atoms with Gasteiger partial charge in [-0.1, -0.05) is 11.6 Å². The Morgan fingerprint density at radius 1 is 1.25 bits per heavy atom. The Bertz CT molecular complexity index is 459. The van der Waals surface area contributed by atoms with Gasteiger partial charge in [0.25, 0.3) is 5.91 Å². The largest absolute Gasteiger partial charge is 0.395 e. The van der Waals surface area contributed by atoms with Crippen LogP contribution in [0.4, 0.5) is 0 Å². The molecule has 5 heteroatoms. The maximum atomic E-state index is 12.5. The van der Waals surface area contributed by atoms with Gasteiger partial charge in [-0.15, -0.1) is 0 Å². The monoisotopic (exact) mass is 296 g/mol. The van der Waals surface area contributed by atoms with Crippen LogP contribution in [-0.4, -0.2) is 60.1 Å². The van der Waals surface area contributed by atoms with E-state index in [0.717, 1.165) is 31.6 Å². The number of aliphatic hydroxyl groups is 1. The van der Waals surface area contributed by atoms with Gasteiger partial charge in [0.2, 0.25) is 0 Å². The van der Waals surface area contributed by atoms with Crippen LogP contribution in [0.15, 0.2) is 18.2 Å². The highest BCUT2D eigenvalue weighted by molar-refractivity contribution is 6.31. The van der Waals surface area contributed by atoms with Crippen molar-refractivity contribution >= 4 is 17.5 Å². The molecule has 1 saturated heterocycles. The molecule has 0 radical (unpaired) electrons. The molecule has 1 amide bonds. The number of nitrogens with zero attached hydrogens (tertiary/aromatic N) is 2. The molecule has 0 spiro atoms. The van der Waals surface area contributed by atoms with E-state index in [-0.39, 0.29) is 12.5 Å². The van der Waals surface area contributed by atoms with Gasteiger partial charge in [-0.25, -0.2) is 0 Å². The van der Waals surface area contributed by atoms with E-state index in [1.54, 1.807) is 6.07 Å². The second-order valence-electron chi connectivity index (χ2n) is 5.23. The molecule has 0 unspecified atom stereocenters. The number of halogens is 1. The van der Waals surface area contributed by atoms with E-state index in [0.29, 0.717) is 23.7 Å². The minimum atomic E-state index is 0.0430. The average molecular weight is 297 g/mol. The summed E-state index contributed by atoms with van der Waals surface area (Å²) in [6.07, 6.45) is 0.936. The quantitative estimate of drug-likeness (QED) is 0.925. The first kappa shape index (κ1) is 15.3. The molecule has 2 rings (SSSR count). The Morgan fingerprint density at radius 3 is 2.75 bits per heavy atom. The summed E-state index contributed by atoms with van der Waals surface area (Å²) in [5.74, 6) is 0.0430. The number of hydrogen-bond donors (Lipinski definition) is 1. The lowest BCUT2D eigenvalue weighted by Gasteiger charge is -2.21. The summed E-state index contributed by atoms with van der Waals surface area (Å²) in [6.45, 7) is 5.98. The summed E-state index contributed by atoms with van der Waals surface area (Å²) >= 11 is 6.02. The van der Waals surface area contributed by atoms with E-state index < -0.39 is 0 Å². The third kappa shape index (κ3) is 3.95. The number of carbonyl (C=O) groups excluding carboxylic acids is 1. The first-order valence-electron chi connectivity index (χ1n) is 7.00. The molecule has 1 aliphatic rings. The number of amides is 1. The van der Waals surface area contributed by atoms with E-state index in [2.05, 4.69) is 4.90 Å². The average Bonchev–Trinajstić information content (AvgIpc) is 2.63. The topological polar surface area (TPSA) is 43.8 Å². The highest BCUT2D eigenvalue weighted by Gasteiger charge is 2.20. The maximum absolute atomic E-state index is 12.5. The van der Waals surface area contributed by atoms with Gasteiger partial charge in [-0.3, -0.25) is 9.69 Å². The third-order valence-electron chi connectivity index (χ3n) is 3.58. The molecule has 1 aromatic rings. The van der Waals surface area contributed by atoms with Crippen molar-refractivity contribution in [3.8, 4) is 0 Å². The van der Waals surface area contributed by atoms with Gasteiger partial charge in [0.05, 0.1) is 6.61 Å². The number of β-amino-alcohol motifs (C(OH)–C–C–N with tert-alkyl or cyclic N) is 1. The van der Waals surface area contributed by atoms with Gasteiger partial charge in [-0.05, 0) is 43.7 Å². The molecule has 1 heterocycles. The molecule has 0 aromatic heterocycles. The van der Waals surface area contributed by atoms with Crippen molar-refractivity contribution in [2.45, 2.75) is 13.3 Å². The van der Waals surface area contributed by atoms with Crippen LogP contribution in [-0.2, 0) is 0 Å². The molecule has 1 aliphatic heterocycles. The highest BCUT2D eigenvalue weighted by Crippen LogP contribution is 2.17. The zero-order valence-electron chi connectivity index (χ0n) is 11.8. The van der Waals surface area contributed by atoms with E-state index in [9.17, 15) is 4.79 Å². The Labute approximate surface area is 124 Å². The van der Waals surface area contributed by atoms with E-state index in [4.69, 9.17) is 16.7 Å². The Balaban J connectivity index is 2.05. The van der Waals surface area contributed by atoms with Crippen LogP contribution >= 0.6 is 11.6 Å². The molecule has 0 aliphatic carbocycles. The number of carbonyl (C=O) groups is 1. The number of rotatable bonds is 3. The van der Waals surface area contributed by atoms with E-state index in [1.165, 1.54) is 0 Å². The Kier molecular flexibility index (Phi) is 5.40. The third-order valence-corrected chi connectivity index (χ3v) is 3.80. The van der Waals surface area contributed by atoms with Crippen LogP contribution in [0.1, 0.15) is 22.3 Å². The molecular formula is C15H21ClN2O2. The van der Waals surface area contributed by atoms with Crippen molar-refractivity contribution in [1.82, 2.24) is 9.80 Å². The summed E-state index contributed by atoms with van der Waals surface area (Å²) in [5.41, 5.74) is 1.66. The van der Waals surface area contributed by atoms with Gasteiger partial charge in [0.1, 0.15) is 0 Å². The summed E-state index contributed by atoms with van der Waals surface area (Å²) < 4.78 is 0. The Morgan fingerprint density at radius 2 is 2.05 bits per heavy atom. The van der Waals surface area contributed by atoms with Gasteiger partial charge in [0, 0.05) is 36.8 Å². The molecule has 1 aromatic carbocycles. The molecule has 0 saturated carbocycles. The SMILES string of the molecule is Cc1cc(Cl)cc(C(=O)N2CCCN(CCO)CC2)c1. The second kappa shape index (κ2) is 7.07. The van der Waals surface area contributed by atoms with Crippen molar-refractivity contribution in [2.24, 2.45) is 0 Å². The van der Waals surface area contributed by atoms with Gasteiger partial charge < -0.3 is 10.0 Å². The summed E-state index contributed by atoms with van der Waals surface area (Å²) in [4.78, 5) is 16.6. The standard InChI is InChI=1S/C15H21ClN2O2/c1-12-9-13(11-14(16)10-12)15(20)18-4-2-3-17(5-6-18)7-8-19/h9-11,19H,2-8H2,1H3. The minimum Gasteiger partial charge on any atom is -0.395 e. The van der Waals surface area contributed by atoms with Crippen LogP contribution in [0, 0.1) is 6.92 Å². The lowest BCUT2D eigenvalue weighted by molar-refractivity contribution is 0.0760. The van der Waals surface area contributed by atoms with Crippen molar-refractivity contribution in [3.05, 3.63) is 34.3 Å². The fourth-order valence-electron chi connectivity index (χ4n) is 2.58. The normalized spacial score (nSPS) is 17.1. The molecule has 0 bridgehead atoms. The van der Waals surface area contributed by atoms with Gasteiger partial charge in [-0.2, -0.15) is 0 Å². The lowest BCUT2D eigenvalue weighted by atomic mass is 10.1. The molecule has 1 N–H and O–H groups in total. The zero-order chi connectivity index (χ0) is 14.5. The number of benzene rings is 1. The van der Waals surface area contributed by atoms with Crippen LogP contribution < -0.4 is 0 Å². The fraction of sp³-hybridized carbons (Fsp3) is 0.533. The molecular weight excluding hydrogens is 276 g/mol. The first-order chi connectivity index (χ1) is 9.60. The van der Waals surface area contributed by atoms with Crippen LogP contribution in [0.5, 0.6) is 0 Å². The predicted molar refractivity (Wildman–Crippen MR) is 80.2 cm³/mol. The molecule has 4 nitrogen and oxygen atoms in total. The zero-order valence-corrected chi connectivity index (χ0v) is 12.6. The van der Waals surface area contributed by atoms with Gasteiger partial charge in [0.15, 0.2) is 0 Å². The van der Waals surface area contributed by atoms with Crippen molar-refractivity contribution in [1.29, 1.82) is 0 Å². The maximum Gasteiger partial charge on any atom is 0.253 e. The van der Waals surface area contributed by atoms with Crippen LogP contribution in [0.25, 0.3) is 0 Å². The molecule has 20 heavy (non-hydrogen) atoms. The summed E-state index contributed by atoms with van der Waals surface area (Å²) in [7, 11) is 0. The molecule has 110 valence electrons. The fourth-order valence-corrected chi connectivity index (χ4v) is 2.87. The minimum absolute atomic E-state index is 0.0430. The number of hydrogen-bond acceptors (Lipinski definition) is 3. The predicted octanol–water partition coefficient (Wildman–Crippen LogP) is 1.79. The van der Waals surface area contributed by atoms with Crippen molar-refractivity contribution in [3.63, 3.8) is 0 Å². The van der Waals surface area contributed by atoms with E-state index >= 15 is 0 Å². The lowest BCUT2D eigenvalue weighted by Crippen LogP contribution is -2.35. The number of aliphatic hydroxyl groups excluding tert-OH is 1. The van der Waals surface area contributed by atoms with Gasteiger partial charge >= 0.3 is 0 Å². The summed E-state index contributed by atoms with van der Waals surface area (Å²) in [6, 6.07) is 5.46.